The predicted molar refractivity (Wildman–Crippen MR) is 73.6 cm³/mol. The molecule has 2 aromatic rings. The van der Waals surface area contributed by atoms with E-state index in [0.717, 1.165) is 22.5 Å². The number of nitrogen functional groups attached to an aromatic ring is 1. The first-order chi connectivity index (χ1) is 9.11. The fourth-order valence-electron chi connectivity index (χ4n) is 1.74. The Balaban J connectivity index is 2.15. The molecule has 0 atom stereocenters. The van der Waals surface area contributed by atoms with Gasteiger partial charge in [0.05, 0.1) is 17.3 Å². The normalized spacial score (nSPS) is 9.95. The molecule has 1 heterocycles. The predicted octanol–water partition coefficient (Wildman–Crippen LogP) is 2.73. The summed E-state index contributed by atoms with van der Waals surface area (Å²) in [5, 5.41) is 8.82. The van der Waals surface area contributed by atoms with Crippen molar-refractivity contribution in [1.29, 1.82) is 5.26 Å². The van der Waals surface area contributed by atoms with Crippen LogP contribution in [0.5, 0.6) is 5.75 Å². The molecular weight excluding hydrogens is 238 g/mol. The topological polar surface area (TPSA) is 71.9 Å². The molecule has 0 aliphatic carbocycles. The van der Waals surface area contributed by atoms with Crippen molar-refractivity contribution >= 4 is 5.69 Å². The molecule has 2 rings (SSSR count). The van der Waals surface area contributed by atoms with Crippen molar-refractivity contribution in [3.63, 3.8) is 0 Å². The van der Waals surface area contributed by atoms with Gasteiger partial charge < -0.3 is 10.5 Å². The van der Waals surface area contributed by atoms with Crippen LogP contribution in [0.3, 0.4) is 0 Å². The maximum Gasteiger partial charge on any atom is 0.131 e. The molecule has 1 aromatic heterocycles. The van der Waals surface area contributed by atoms with Crippen LogP contribution in [0.4, 0.5) is 5.69 Å². The summed E-state index contributed by atoms with van der Waals surface area (Å²) in [7, 11) is 0. The summed E-state index contributed by atoms with van der Waals surface area (Å²) in [5.74, 6) is 0.652. The van der Waals surface area contributed by atoms with E-state index in [1.807, 2.05) is 19.9 Å². The zero-order valence-electron chi connectivity index (χ0n) is 11.0. The fourth-order valence-corrected chi connectivity index (χ4v) is 1.74. The minimum Gasteiger partial charge on any atom is -0.487 e. The monoisotopic (exact) mass is 253 g/mol. The quantitative estimate of drug-likeness (QED) is 0.912. The largest absolute Gasteiger partial charge is 0.487 e. The molecule has 0 bridgehead atoms. The Morgan fingerprint density at radius 2 is 2.16 bits per heavy atom. The maximum absolute atomic E-state index is 8.82. The van der Waals surface area contributed by atoms with Crippen molar-refractivity contribution in [3.05, 3.63) is 52.8 Å². The summed E-state index contributed by atoms with van der Waals surface area (Å²) in [5.41, 5.74) is 10.00. The van der Waals surface area contributed by atoms with E-state index in [2.05, 4.69) is 11.1 Å². The van der Waals surface area contributed by atoms with Gasteiger partial charge in [-0.25, -0.2) is 0 Å². The van der Waals surface area contributed by atoms with E-state index >= 15 is 0 Å². The lowest BCUT2D eigenvalue weighted by molar-refractivity contribution is 0.300. The summed E-state index contributed by atoms with van der Waals surface area (Å²) >= 11 is 0. The molecule has 0 unspecified atom stereocenters. The Morgan fingerprint density at radius 1 is 1.37 bits per heavy atom. The molecule has 19 heavy (non-hydrogen) atoms. The minimum atomic E-state index is 0.338. The average Bonchev–Trinajstić information content (AvgIpc) is 2.44. The highest BCUT2D eigenvalue weighted by Crippen LogP contribution is 2.20. The molecule has 4 heteroatoms. The van der Waals surface area contributed by atoms with Gasteiger partial charge in [-0.15, -0.1) is 0 Å². The zero-order chi connectivity index (χ0) is 13.8. The van der Waals surface area contributed by atoms with Crippen molar-refractivity contribution in [1.82, 2.24) is 4.98 Å². The van der Waals surface area contributed by atoms with Gasteiger partial charge in [-0.05, 0) is 43.2 Å². The molecule has 0 saturated heterocycles. The number of aromatic nitrogens is 1. The molecule has 0 fully saturated rings. The van der Waals surface area contributed by atoms with E-state index in [0.29, 0.717) is 17.9 Å². The van der Waals surface area contributed by atoms with Crippen LogP contribution in [0.1, 0.15) is 22.4 Å². The SMILES string of the molecule is Cc1cnc(COc2cccc(C#N)c2)c(C)c1N. The van der Waals surface area contributed by atoms with E-state index in [9.17, 15) is 0 Å². The first-order valence-electron chi connectivity index (χ1n) is 5.95. The summed E-state index contributed by atoms with van der Waals surface area (Å²) < 4.78 is 5.64. The third-order valence-corrected chi connectivity index (χ3v) is 3.01. The Morgan fingerprint density at radius 3 is 2.89 bits per heavy atom. The number of ether oxygens (including phenoxy) is 1. The van der Waals surface area contributed by atoms with E-state index in [-0.39, 0.29) is 0 Å². The average molecular weight is 253 g/mol. The van der Waals surface area contributed by atoms with Crippen LogP contribution in [0.2, 0.25) is 0 Å². The number of nitriles is 1. The summed E-state index contributed by atoms with van der Waals surface area (Å²) in [6, 6.07) is 9.12. The first kappa shape index (κ1) is 12.9. The number of hydrogen-bond donors (Lipinski definition) is 1. The Kier molecular flexibility index (Phi) is 3.67. The van der Waals surface area contributed by atoms with E-state index in [1.54, 1.807) is 24.4 Å². The molecule has 4 nitrogen and oxygen atoms in total. The molecule has 0 amide bonds. The summed E-state index contributed by atoms with van der Waals surface area (Å²) in [4.78, 5) is 4.33. The van der Waals surface area contributed by atoms with Gasteiger partial charge in [-0.3, -0.25) is 4.98 Å². The van der Waals surface area contributed by atoms with Crippen LogP contribution in [-0.4, -0.2) is 4.98 Å². The third-order valence-electron chi connectivity index (χ3n) is 3.01. The number of benzene rings is 1. The van der Waals surface area contributed by atoms with Crippen molar-refractivity contribution in [3.8, 4) is 11.8 Å². The zero-order valence-corrected chi connectivity index (χ0v) is 11.0. The molecular formula is C15H15N3O. The molecule has 2 N–H and O–H groups in total. The van der Waals surface area contributed by atoms with Crippen LogP contribution in [0, 0.1) is 25.2 Å². The van der Waals surface area contributed by atoms with Crippen LogP contribution in [0.25, 0.3) is 0 Å². The van der Waals surface area contributed by atoms with Gasteiger partial charge >= 0.3 is 0 Å². The Hall–Kier alpha value is -2.54. The fraction of sp³-hybridized carbons (Fsp3) is 0.200. The van der Waals surface area contributed by atoms with Crippen molar-refractivity contribution in [2.24, 2.45) is 0 Å². The van der Waals surface area contributed by atoms with Crippen molar-refractivity contribution in [2.75, 3.05) is 5.73 Å². The lowest BCUT2D eigenvalue weighted by Crippen LogP contribution is -2.05. The molecule has 96 valence electrons. The molecule has 0 spiro atoms. The van der Waals surface area contributed by atoms with Gasteiger partial charge in [0.1, 0.15) is 12.4 Å². The number of nitrogens with zero attached hydrogens (tertiary/aromatic N) is 2. The minimum absolute atomic E-state index is 0.338. The number of nitrogens with two attached hydrogens (primary N) is 1. The van der Waals surface area contributed by atoms with Gasteiger partial charge in [0.25, 0.3) is 0 Å². The van der Waals surface area contributed by atoms with Crippen LogP contribution >= 0.6 is 0 Å². The van der Waals surface area contributed by atoms with E-state index < -0.39 is 0 Å². The highest BCUT2D eigenvalue weighted by atomic mass is 16.5. The van der Waals surface area contributed by atoms with Gasteiger partial charge in [-0.2, -0.15) is 5.26 Å². The summed E-state index contributed by atoms with van der Waals surface area (Å²) in [6.07, 6.45) is 1.74. The van der Waals surface area contributed by atoms with Crippen LogP contribution in [-0.2, 0) is 6.61 Å². The number of hydrogen-bond acceptors (Lipinski definition) is 4. The smallest absolute Gasteiger partial charge is 0.131 e. The van der Waals surface area contributed by atoms with E-state index in [4.69, 9.17) is 15.7 Å². The molecule has 0 aliphatic heterocycles. The maximum atomic E-state index is 8.82. The number of pyridine rings is 1. The lowest BCUT2D eigenvalue weighted by atomic mass is 10.1. The molecule has 1 aromatic carbocycles. The molecule has 0 saturated carbocycles. The Bertz CT molecular complexity index is 644. The number of rotatable bonds is 3. The standard InChI is InChI=1S/C15H15N3O/c1-10-8-18-14(11(2)15(10)17)9-19-13-5-3-4-12(6-13)7-16/h3-6,8H,9H2,1-2H3,(H2,17,18). The van der Waals surface area contributed by atoms with Gasteiger partial charge in [0.2, 0.25) is 0 Å². The van der Waals surface area contributed by atoms with Crippen LogP contribution in [0.15, 0.2) is 30.5 Å². The number of aryl methyl sites for hydroxylation is 1. The van der Waals surface area contributed by atoms with Crippen molar-refractivity contribution in [2.45, 2.75) is 20.5 Å². The van der Waals surface area contributed by atoms with Crippen LogP contribution < -0.4 is 10.5 Å². The molecule has 0 aliphatic rings. The summed E-state index contributed by atoms with van der Waals surface area (Å²) in [6.45, 7) is 4.20. The van der Waals surface area contributed by atoms with Crippen molar-refractivity contribution < 1.29 is 4.74 Å². The van der Waals surface area contributed by atoms with Gasteiger partial charge in [0, 0.05) is 11.9 Å². The van der Waals surface area contributed by atoms with E-state index in [1.165, 1.54) is 0 Å². The van der Waals surface area contributed by atoms with Gasteiger partial charge in [-0.1, -0.05) is 6.07 Å². The highest BCUT2D eigenvalue weighted by Gasteiger charge is 2.07. The third kappa shape index (κ3) is 2.83. The lowest BCUT2D eigenvalue weighted by Gasteiger charge is -2.11. The number of anilines is 1. The second-order valence-electron chi connectivity index (χ2n) is 4.35. The second kappa shape index (κ2) is 5.40. The highest BCUT2D eigenvalue weighted by molar-refractivity contribution is 5.53. The Labute approximate surface area is 112 Å². The second-order valence-corrected chi connectivity index (χ2v) is 4.35. The molecule has 0 radical (unpaired) electrons. The first-order valence-corrected chi connectivity index (χ1v) is 5.95. The van der Waals surface area contributed by atoms with Gasteiger partial charge in [0.15, 0.2) is 0 Å².